The van der Waals surface area contributed by atoms with Gasteiger partial charge in [0.2, 0.25) is 0 Å². The molecule has 0 bridgehead atoms. The molecule has 0 saturated heterocycles. The summed E-state index contributed by atoms with van der Waals surface area (Å²) in [4.78, 5) is 0. The molecule has 1 aliphatic carbocycles. The van der Waals surface area contributed by atoms with Crippen LogP contribution in [0.1, 0.15) is 6.92 Å². The van der Waals surface area contributed by atoms with Crippen molar-refractivity contribution in [2.45, 2.75) is 6.92 Å². The monoisotopic (exact) mass is 112 g/mol. The first-order valence-corrected chi connectivity index (χ1v) is 2.85. The van der Waals surface area contributed by atoms with Gasteiger partial charge in [0.1, 0.15) is 0 Å². The van der Waals surface area contributed by atoms with Crippen LogP contribution >= 0.6 is 0 Å². The van der Waals surface area contributed by atoms with Crippen LogP contribution in [0.25, 0.3) is 0 Å². The normalized spacial score (nSPS) is 17.0. The van der Waals surface area contributed by atoms with E-state index in [0.717, 1.165) is 16.5 Å². The van der Waals surface area contributed by atoms with E-state index in [1.165, 1.54) is 0 Å². The third-order valence-corrected chi connectivity index (χ3v) is 1.35. The Labute approximate surface area is 57.4 Å². The predicted molar refractivity (Wildman–Crippen MR) is 44.4 cm³/mol. The number of hydrogen-bond donors (Lipinski definition) is 0. The van der Waals surface area contributed by atoms with Crippen molar-refractivity contribution in [3.63, 3.8) is 0 Å². The van der Waals surface area contributed by atoms with Crippen molar-refractivity contribution in [2.24, 2.45) is 0 Å². The molecule has 40 valence electrons. The molecular formula is C7H6B2. The molecule has 0 spiro atoms. The van der Waals surface area contributed by atoms with Gasteiger partial charge in [0, 0.05) is 0 Å². The van der Waals surface area contributed by atoms with Gasteiger partial charge in [-0.2, -0.15) is 0 Å². The van der Waals surface area contributed by atoms with Gasteiger partial charge in [-0.05, 0) is 0 Å². The zero-order chi connectivity index (χ0) is 6.85. The quantitative estimate of drug-likeness (QED) is 0.392. The molecule has 2 heteroatoms. The molecule has 0 fully saturated rings. The van der Waals surface area contributed by atoms with Crippen LogP contribution in [-0.4, -0.2) is 25.9 Å². The standard InChI is InChI=1S/C7H6B2/c1-2-5-6(8)3-4-7(5)9/h2-4H,1H3. The second-order valence-corrected chi connectivity index (χ2v) is 1.95. The molecule has 0 heterocycles. The van der Waals surface area contributed by atoms with Gasteiger partial charge in [0.25, 0.3) is 0 Å². The Kier molecular flexibility index (Phi) is 1.65. The summed E-state index contributed by atoms with van der Waals surface area (Å²) in [6.45, 7) is 1.92. The number of rotatable bonds is 0. The van der Waals surface area contributed by atoms with Crippen LogP contribution in [0.4, 0.5) is 0 Å². The topological polar surface area (TPSA) is 0 Å². The van der Waals surface area contributed by atoms with E-state index in [1.807, 2.05) is 25.2 Å². The maximum atomic E-state index is 5.54. The van der Waals surface area contributed by atoms with Gasteiger partial charge in [-0.25, -0.2) is 0 Å². The molecule has 0 aromatic rings. The first-order valence-electron chi connectivity index (χ1n) is 2.85. The van der Waals surface area contributed by atoms with Crippen molar-refractivity contribution in [2.75, 3.05) is 0 Å². The fraction of sp³-hybridized carbons (Fsp3) is 0.143. The van der Waals surface area contributed by atoms with E-state index in [-0.39, 0.29) is 0 Å². The summed E-state index contributed by atoms with van der Waals surface area (Å²) >= 11 is 0. The number of allylic oxidation sites excluding steroid dienone is 4. The van der Waals surface area contributed by atoms with Crippen molar-refractivity contribution in [3.8, 4) is 0 Å². The minimum absolute atomic E-state index is 0.759. The van der Waals surface area contributed by atoms with Crippen LogP contribution in [0.2, 0.25) is 0 Å². The van der Waals surface area contributed by atoms with Crippen LogP contribution in [0.15, 0.2) is 23.8 Å². The second-order valence-electron chi connectivity index (χ2n) is 1.95. The SMILES string of the molecule is [B]=C1C=CC(=[B])C1=CC. The summed E-state index contributed by atoms with van der Waals surface area (Å²) in [7, 11) is 11.1. The molecule has 0 aliphatic heterocycles. The van der Waals surface area contributed by atoms with Gasteiger partial charge < -0.3 is 0 Å². The van der Waals surface area contributed by atoms with Crippen molar-refractivity contribution in [1.82, 2.24) is 0 Å². The van der Waals surface area contributed by atoms with Gasteiger partial charge in [-0.3, -0.25) is 0 Å². The van der Waals surface area contributed by atoms with Crippen LogP contribution in [-0.2, 0) is 0 Å². The average molecular weight is 112 g/mol. The minimum atomic E-state index is 0.759. The Morgan fingerprint density at radius 3 is 1.89 bits per heavy atom. The molecule has 0 amide bonds. The first kappa shape index (κ1) is 6.47. The zero-order valence-electron chi connectivity index (χ0n) is 5.39. The van der Waals surface area contributed by atoms with E-state index in [2.05, 4.69) is 0 Å². The molecule has 0 atom stereocenters. The zero-order valence-corrected chi connectivity index (χ0v) is 5.39. The van der Waals surface area contributed by atoms with E-state index >= 15 is 0 Å². The summed E-state index contributed by atoms with van der Waals surface area (Å²) in [6, 6.07) is 0. The molecule has 1 aliphatic rings. The van der Waals surface area contributed by atoms with E-state index < -0.39 is 0 Å². The molecule has 0 nitrogen and oxygen atoms in total. The Morgan fingerprint density at radius 1 is 1.22 bits per heavy atom. The van der Waals surface area contributed by atoms with E-state index in [1.54, 1.807) is 0 Å². The van der Waals surface area contributed by atoms with Crippen LogP contribution < -0.4 is 0 Å². The van der Waals surface area contributed by atoms with Crippen molar-refractivity contribution in [1.29, 1.82) is 0 Å². The Morgan fingerprint density at radius 2 is 1.67 bits per heavy atom. The Balaban J connectivity index is 3.02. The third kappa shape index (κ3) is 1.02. The van der Waals surface area contributed by atoms with Gasteiger partial charge >= 0.3 is 56.6 Å². The van der Waals surface area contributed by atoms with Crippen molar-refractivity contribution >= 4 is 25.9 Å². The summed E-state index contributed by atoms with van der Waals surface area (Å²) in [5.74, 6) is 0. The van der Waals surface area contributed by atoms with Crippen LogP contribution in [0.5, 0.6) is 0 Å². The Hall–Kier alpha value is -0.650. The van der Waals surface area contributed by atoms with Crippen molar-refractivity contribution < 1.29 is 0 Å². The average Bonchev–Trinajstić information content (AvgIpc) is 2.12. The first-order chi connectivity index (χ1) is 4.25. The summed E-state index contributed by atoms with van der Waals surface area (Å²) < 4.78 is 0. The second kappa shape index (κ2) is 2.30. The number of hydrogen-bond acceptors (Lipinski definition) is 0. The van der Waals surface area contributed by atoms with Gasteiger partial charge in [-0.1, -0.05) is 0 Å². The molecule has 9 heavy (non-hydrogen) atoms. The molecular weight excluding hydrogens is 106 g/mol. The molecule has 0 unspecified atom stereocenters. The summed E-state index contributed by atoms with van der Waals surface area (Å²) in [5.41, 5.74) is 2.47. The third-order valence-electron chi connectivity index (χ3n) is 1.35. The summed E-state index contributed by atoms with van der Waals surface area (Å²) in [6.07, 6.45) is 5.53. The van der Waals surface area contributed by atoms with Crippen molar-refractivity contribution in [3.05, 3.63) is 23.8 Å². The fourth-order valence-corrected chi connectivity index (χ4v) is 0.859. The Bertz CT molecular complexity index is 201. The predicted octanol–water partition coefficient (Wildman–Crippen LogP) is 0.184. The van der Waals surface area contributed by atoms with Gasteiger partial charge in [0.05, 0.1) is 0 Å². The van der Waals surface area contributed by atoms with E-state index in [9.17, 15) is 0 Å². The van der Waals surface area contributed by atoms with Crippen LogP contribution in [0.3, 0.4) is 0 Å². The molecule has 0 saturated carbocycles. The maximum absolute atomic E-state index is 5.54. The summed E-state index contributed by atoms with van der Waals surface area (Å²) in [5, 5.41) is 0. The molecule has 0 aromatic heterocycles. The van der Waals surface area contributed by atoms with E-state index in [0.29, 0.717) is 0 Å². The van der Waals surface area contributed by atoms with E-state index in [4.69, 9.17) is 15.0 Å². The fourth-order valence-electron chi connectivity index (χ4n) is 0.859. The van der Waals surface area contributed by atoms with Gasteiger partial charge in [0.15, 0.2) is 0 Å². The molecule has 2 radical (unpaired) electrons. The van der Waals surface area contributed by atoms with Crippen LogP contribution in [0, 0.1) is 0 Å². The molecule has 1 rings (SSSR count). The molecule has 0 N–H and O–H groups in total. The molecule has 0 aromatic carbocycles. The van der Waals surface area contributed by atoms with Gasteiger partial charge in [-0.15, -0.1) is 0 Å².